The van der Waals surface area contributed by atoms with Crippen LogP contribution in [0.5, 0.6) is 0 Å². The number of hydrogen-bond acceptors (Lipinski definition) is 6. The number of nitrogens with zero attached hydrogens (tertiary/aromatic N) is 6. The highest BCUT2D eigenvalue weighted by Gasteiger charge is 2.22. The van der Waals surface area contributed by atoms with E-state index in [1.807, 2.05) is 0 Å². The number of amides is 1. The van der Waals surface area contributed by atoms with Gasteiger partial charge in [-0.15, -0.1) is 0 Å². The van der Waals surface area contributed by atoms with Gasteiger partial charge in [0.25, 0.3) is 0 Å². The van der Waals surface area contributed by atoms with Crippen LogP contribution >= 0.6 is 11.5 Å². The van der Waals surface area contributed by atoms with Crippen LogP contribution in [-0.2, 0) is 11.2 Å². The molecule has 0 aliphatic carbocycles. The van der Waals surface area contributed by atoms with Gasteiger partial charge in [0, 0.05) is 78.2 Å². The maximum atomic E-state index is 11.6. The summed E-state index contributed by atoms with van der Waals surface area (Å²) in [6.07, 6.45) is 1.34. The molecule has 1 aromatic rings. The molecular weight excluding hydrogens is 326 g/mol. The van der Waals surface area contributed by atoms with Crippen molar-refractivity contribution in [3.8, 4) is 0 Å². The summed E-state index contributed by atoms with van der Waals surface area (Å²) in [4.78, 5) is 26.6. The van der Waals surface area contributed by atoms with E-state index in [1.54, 1.807) is 26.0 Å². The third kappa shape index (κ3) is 4.80. The van der Waals surface area contributed by atoms with Crippen molar-refractivity contribution < 1.29 is 4.79 Å². The van der Waals surface area contributed by atoms with E-state index in [0.29, 0.717) is 13.0 Å². The molecule has 0 atom stereocenters. The van der Waals surface area contributed by atoms with Gasteiger partial charge in [0.1, 0.15) is 5.82 Å². The summed E-state index contributed by atoms with van der Waals surface area (Å²) in [5.74, 6) is 1.89. The Labute approximate surface area is 147 Å². The van der Waals surface area contributed by atoms with Crippen molar-refractivity contribution in [2.45, 2.75) is 19.8 Å². The van der Waals surface area contributed by atoms with Crippen LogP contribution in [0.25, 0.3) is 0 Å². The molecule has 1 aliphatic heterocycles. The first kappa shape index (κ1) is 18.4. The van der Waals surface area contributed by atoms with E-state index >= 15 is 0 Å². The Morgan fingerprint density at radius 1 is 1.33 bits per heavy atom. The topological polar surface area (TPSA) is 77.0 Å². The molecule has 9 heteroatoms. The number of piperazine rings is 1. The Hall–Kier alpha value is -1.90. The Bertz CT molecular complexity index is 564. The van der Waals surface area contributed by atoms with Crippen molar-refractivity contribution in [3.63, 3.8) is 0 Å². The van der Waals surface area contributed by atoms with Crippen LogP contribution in [0.15, 0.2) is 4.99 Å². The third-order valence-electron chi connectivity index (χ3n) is 3.96. The van der Waals surface area contributed by atoms with E-state index in [-0.39, 0.29) is 5.91 Å². The van der Waals surface area contributed by atoms with Crippen molar-refractivity contribution >= 4 is 28.5 Å². The van der Waals surface area contributed by atoms with E-state index in [2.05, 4.69) is 36.4 Å². The molecule has 24 heavy (non-hydrogen) atoms. The van der Waals surface area contributed by atoms with Gasteiger partial charge in [-0.1, -0.05) is 6.92 Å². The lowest BCUT2D eigenvalue weighted by Crippen LogP contribution is -2.52. The van der Waals surface area contributed by atoms with E-state index in [4.69, 9.17) is 0 Å². The summed E-state index contributed by atoms with van der Waals surface area (Å²) >= 11 is 1.47. The number of hydrogen-bond donors (Lipinski definition) is 1. The molecule has 0 aromatic carbocycles. The fraction of sp³-hybridized carbons (Fsp3) is 0.733. The SMILES string of the molecule is CCc1nsc(N2CCN(C(=NC)NCCC(=O)N(C)C)CC2)n1. The number of anilines is 1. The zero-order valence-electron chi connectivity index (χ0n) is 14.9. The van der Waals surface area contributed by atoms with Gasteiger partial charge in [0.05, 0.1) is 0 Å². The highest BCUT2D eigenvalue weighted by molar-refractivity contribution is 7.09. The first-order chi connectivity index (χ1) is 11.5. The molecular formula is C15H27N7OS. The predicted molar refractivity (Wildman–Crippen MR) is 97.7 cm³/mol. The van der Waals surface area contributed by atoms with Crippen molar-refractivity contribution in [1.82, 2.24) is 24.5 Å². The number of rotatable bonds is 5. The molecule has 0 unspecified atom stereocenters. The minimum atomic E-state index is 0.116. The molecule has 0 radical (unpaired) electrons. The molecule has 1 saturated heterocycles. The lowest BCUT2D eigenvalue weighted by molar-refractivity contribution is -0.128. The van der Waals surface area contributed by atoms with Crippen LogP contribution in [0.3, 0.4) is 0 Å². The fourth-order valence-corrected chi connectivity index (χ4v) is 3.26. The Morgan fingerprint density at radius 3 is 2.58 bits per heavy atom. The highest BCUT2D eigenvalue weighted by atomic mass is 32.1. The quantitative estimate of drug-likeness (QED) is 0.605. The molecule has 1 aromatic heterocycles. The second-order valence-electron chi connectivity index (χ2n) is 5.83. The molecule has 1 fully saturated rings. The van der Waals surface area contributed by atoms with Gasteiger partial charge in [0.2, 0.25) is 11.0 Å². The van der Waals surface area contributed by atoms with Crippen molar-refractivity contribution in [1.29, 1.82) is 0 Å². The standard InChI is InChI=1S/C15H27N7OS/c1-5-12-18-15(24-19-12)22-10-8-21(9-11-22)14(16-2)17-7-6-13(23)20(3)4/h5-11H2,1-4H3,(H,16,17). The zero-order chi connectivity index (χ0) is 17.5. The maximum absolute atomic E-state index is 11.6. The van der Waals surface area contributed by atoms with Crippen LogP contribution in [0.4, 0.5) is 5.13 Å². The van der Waals surface area contributed by atoms with Gasteiger partial charge in [-0.05, 0) is 0 Å². The number of nitrogens with one attached hydrogen (secondary N) is 1. The van der Waals surface area contributed by atoms with Gasteiger partial charge >= 0.3 is 0 Å². The smallest absolute Gasteiger partial charge is 0.223 e. The summed E-state index contributed by atoms with van der Waals surface area (Å²) < 4.78 is 4.35. The van der Waals surface area contributed by atoms with Gasteiger partial charge in [-0.3, -0.25) is 9.79 Å². The summed E-state index contributed by atoms with van der Waals surface area (Å²) in [6.45, 7) is 6.22. The second-order valence-corrected chi connectivity index (χ2v) is 6.56. The molecule has 1 aliphatic rings. The van der Waals surface area contributed by atoms with Crippen LogP contribution in [0.2, 0.25) is 0 Å². The van der Waals surface area contributed by atoms with Crippen molar-refractivity contribution in [3.05, 3.63) is 5.82 Å². The van der Waals surface area contributed by atoms with Crippen LogP contribution in [0, 0.1) is 0 Å². The third-order valence-corrected chi connectivity index (χ3v) is 4.77. The first-order valence-electron chi connectivity index (χ1n) is 8.28. The molecule has 134 valence electrons. The van der Waals surface area contributed by atoms with Crippen LogP contribution in [0.1, 0.15) is 19.2 Å². The van der Waals surface area contributed by atoms with Gasteiger partial charge < -0.3 is 20.0 Å². The molecule has 0 bridgehead atoms. The average molecular weight is 353 g/mol. The maximum Gasteiger partial charge on any atom is 0.223 e. The van der Waals surface area contributed by atoms with Crippen LogP contribution in [-0.4, -0.2) is 84.9 Å². The largest absolute Gasteiger partial charge is 0.356 e. The average Bonchev–Trinajstić information content (AvgIpc) is 3.08. The number of aromatic nitrogens is 2. The lowest BCUT2D eigenvalue weighted by atomic mass is 10.3. The lowest BCUT2D eigenvalue weighted by Gasteiger charge is -2.36. The van der Waals surface area contributed by atoms with Crippen molar-refractivity contribution in [2.75, 3.05) is 58.8 Å². The Kier molecular flexibility index (Phi) is 6.77. The fourth-order valence-electron chi connectivity index (χ4n) is 2.46. The van der Waals surface area contributed by atoms with Gasteiger partial charge in [0.15, 0.2) is 5.96 Å². The number of aryl methyl sites for hydroxylation is 1. The van der Waals surface area contributed by atoms with E-state index < -0.39 is 0 Å². The van der Waals surface area contributed by atoms with Crippen LogP contribution < -0.4 is 10.2 Å². The van der Waals surface area contributed by atoms with Gasteiger partial charge in [-0.25, -0.2) is 4.98 Å². The highest BCUT2D eigenvalue weighted by Crippen LogP contribution is 2.19. The molecule has 2 heterocycles. The molecule has 0 spiro atoms. The van der Waals surface area contributed by atoms with E-state index in [9.17, 15) is 4.79 Å². The second kappa shape index (κ2) is 8.81. The summed E-state index contributed by atoms with van der Waals surface area (Å²) in [5, 5.41) is 4.28. The summed E-state index contributed by atoms with van der Waals surface area (Å²) in [6, 6.07) is 0. The number of aliphatic imine (C=N–C) groups is 1. The molecule has 1 amide bonds. The molecule has 1 N–H and O–H groups in total. The zero-order valence-corrected chi connectivity index (χ0v) is 15.8. The predicted octanol–water partition coefficient (Wildman–Crippen LogP) is 0.276. The Balaban J connectivity index is 1.80. The van der Waals surface area contributed by atoms with Gasteiger partial charge in [-0.2, -0.15) is 4.37 Å². The van der Waals surface area contributed by atoms with E-state index in [1.165, 1.54) is 11.5 Å². The molecule has 2 rings (SSSR count). The monoisotopic (exact) mass is 353 g/mol. The number of guanidine groups is 1. The van der Waals surface area contributed by atoms with Crippen molar-refractivity contribution in [2.24, 2.45) is 4.99 Å². The summed E-state index contributed by atoms with van der Waals surface area (Å²) in [5.41, 5.74) is 0. The number of carbonyl (C=O) groups excluding carboxylic acids is 1. The minimum absolute atomic E-state index is 0.116. The first-order valence-corrected chi connectivity index (χ1v) is 9.05. The normalized spacial score (nSPS) is 15.6. The minimum Gasteiger partial charge on any atom is -0.356 e. The molecule has 0 saturated carbocycles. The molecule has 8 nitrogen and oxygen atoms in total. The summed E-state index contributed by atoms with van der Waals surface area (Å²) in [7, 11) is 5.32. The number of carbonyl (C=O) groups is 1. The van der Waals surface area contributed by atoms with E-state index in [0.717, 1.165) is 49.5 Å². The Morgan fingerprint density at radius 2 is 2.04 bits per heavy atom.